The van der Waals surface area contributed by atoms with Crippen LogP contribution in [0.5, 0.6) is 0 Å². The third-order valence-electron chi connectivity index (χ3n) is 4.16. The summed E-state index contributed by atoms with van der Waals surface area (Å²) in [5.74, 6) is 0.876. The minimum Gasteiger partial charge on any atom is -0.341 e. The highest BCUT2D eigenvalue weighted by atomic mass is 15.3. The molecule has 1 aromatic heterocycles. The first-order chi connectivity index (χ1) is 10.8. The third-order valence-corrected chi connectivity index (χ3v) is 4.16. The predicted octanol–water partition coefficient (Wildman–Crippen LogP) is 2.94. The van der Waals surface area contributed by atoms with Gasteiger partial charge in [-0.2, -0.15) is 0 Å². The van der Waals surface area contributed by atoms with E-state index in [-0.39, 0.29) is 0 Å². The molecule has 0 radical (unpaired) electrons. The van der Waals surface area contributed by atoms with E-state index in [0.29, 0.717) is 6.54 Å². The Morgan fingerprint density at radius 3 is 2.45 bits per heavy atom. The molecule has 1 aliphatic heterocycles. The zero-order chi connectivity index (χ0) is 15.4. The lowest BCUT2D eigenvalue weighted by molar-refractivity contribution is 0.568. The van der Waals surface area contributed by atoms with Gasteiger partial charge in [0.2, 0.25) is 5.95 Å². The van der Waals surface area contributed by atoms with Gasteiger partial charge in [-0.1, -0.05) is 24.3 Å². The van der Waals surface area contributed by atoms with E-state index in [1.165, 1.54) is 24.8 Å². The lowest BCUT2D eigenvalue weighted by Crippen LogP contribution is -2.31. The normalized spacial score (nSPS) is 15.1. The summed E-state index contributed by atoms with van der Waals surface area (Å²) in [7, 11) is 0. The molecule has 4 nitrogen and oxygen atoms in total. The van der Waals surface area contributed by atoms with Gasteiger partial charge in [-0.25, -0.2) is 9.97 Å². The molecule has 0 saturated carbocycles. The largest absolute Gasteiger partial charge is 0.341 e. The highest BCUT2D eigenvalue weighted by Gasteiger charge is 2.15. The molecule has 0 unspecified atom stereocenters. The van der Waals surface area contributed by atoms with Crippen LogP contribution in [0.25, 0.3) is 11.3 Å². The molecule has 2 N–H and O–H groups in total. The van der Waals surface area contributed by atoms with E-state index in [1.54, 1.807) is 0 Å². The molecule has 1 aromatic carbocycles. The van der Waals surface area contributed by atoms with Crippen LogP contribution >= 0.6 is 0 Å². The summed E-state index contributed by atoms with van der Waals surface area (Å²) in [6.45, 7) is 4.86. The van der Waals surface area contributed by atoms with Gasteiger partial charge in [0.15, 0.2) is 0 Å². The van der Waals surface area contributed by atoms with Crippen LogP contribution in [0.3, 0.4) is 0 Å². The standard InChI is InChI=1S/C18H24N4/c1-14-13-17(16-7-5-15(6-8-16)9-10-19)21-18(20-14)22-11-3-2-4-12-22/h5-8,13H,2-4,9-12,19H2,1H3. The molecule has 2 heterocycles. The minimum absolute atomic E-state index is 0.686. The van der Waals surface area contributed by atoms with E-state index in [9.17, 15) is 0 Å². The second-order valence-electron chi connectivity index (χ2n) is 5.98. The molecule has 116 valence electrons. The van der Waals surface area contributed by atoms with Crippen LogP contribution in [-0.2, 0) is 6.42 Å². The van der Waals surface area contributed by atoms with Gasteiger partial charge in [0.05, 0.1) is 5.69 Å². The van der Waals surface area contributed by atoms with Crippen molar-refractivity contribution in [2.75, 3.05) is 24.5 Å². The van der Waals surface area contributed by atoms with Crippen LogP contribution in [0.1, 0.15) is 30.5 Å². The van der Waals surface area contributed by atoms with E-state index >= 15 is 0 Å². The first-order valence-electron chi connectivity index (χ1n) is 8.16. The highest BCUT2D eigenvalue weighted by molar-refractivity contribution is 5.61. The molecule has 3 rings (SSSR count). The van der Waals surface area contributed by atoms with Crippen LogP contribution in [0.2, 0.25) is 0 Å². The number of anilines is 1. The summed E-state index contributed by atoms with van der Waals surface area (Å²) in [6.07, 6.45) is 4.71. The molecule has 0 aliphatic carbocycles. The summed E-state index contributed by atoms with van der Waals surface area (Å²) < 4.78 is 0. The van der Waals surface area contributed by atoms with Crippen LogP contribution < -0.4 is 10.6 Å². The van der Waals surface area contributed by atoms with Crippen LogP contribution in [-0.4, -0.2) is 29.6 Å². The number of nitrogens with zero attached hydrogens (tertiary/aromatic N) is 3. The van der Waals surface area contributed by atoms with Crippen molar-refractivity contribution >= 4 is 5.95 Å². The number of rotatable bonds is 4. The molecule has 1 aliphatic rings. The first kappa shape index (κ1) is 15.0. The van der Waals surface area contributed by atoms with Gasteiger partial charge in [-0.15, -0.1) is 0 Å². The SMILES string of the molecule is Cc1cc(-c2ccc(CCN)cc2)nc(N2CCCCC2)n1. The second kappa shape index (κ2) is 6.88. The van der Waals surface area contributed by atoms with Crippen molar-refractivity contribution in [1.82, 2.24) is 9.97 Å². The van der Waals surface area contributed by atoms with Crippen molar-refractivity contribution in [3.8, 4) is 11.3 Å². The Morgan fingerprint density at radius 2 is 1.77 bits per heavy atom. The fourth-order valence-corrected chi connectivity index (χ4v) is 2.94. The maximum absolute atomic E-state index is 5.61. The average Bonchev–Trinajstić information content (AvgIpc) is 2.56. The summed E-state index contributed by atoms with van der Waals surface area (Å²) in [5.41, 5.74) is 10.1. The van der Waals surface area contributed by atoms with Gasteiger partial charge < -0.3 is 10.6 Å². The molecule has 2 aromatic rings. The fraction of sp³-hybridized carbons (Fsp3) is 0.444. The number of aromatic nitrogens is 2. The Labute approximate surface area is 132 Å². The fourth-order valence-electron chi connectivity index (χ4n) is 2.94. The van der Waals surface area contributed by atoms with Gasteiger partial charge in [0.25, 0.3) is 0 Å². The van der Waals surface area contributed by atoms with Crippen LogP contribution in [0.4, 0.5) is 5.95 Å². The Morgan fingerprint density at radius 1 is 1.05 bits per heavy atom. The summed E-state index contributed by atoms with van der Waals surface area (Å²) in [6, 6.07) is 10.6. The minimum atomic E-state index is 0.686. The molecule has 4 heteroatoms. The Balaban J connectivity index is 1.88. The molecule has 0 bridgehead atoms. The number of aryl methyl sites for hydroxylation is 1. The molecule has 0 amide bonds. The van der Waals surface area contributed by atoms with E-state index in [1.807, 2.05) is 6.92 Å². The van der Waals surface area contributed by atoms with E-state index in [0.717, 1.165) is 42.4 Å². The van der Waals surface area contributed by atoms with E-state index in [4.69, 9.17) is 10.7 Å². The Hall–Kier alpha value is -1.94. The predicted molar refractivity (Wildman–Crippen MR) is 91.0 cm³/mol. The van der Waals surface area contributed by atoms with Crippen LogP contribution in [0.15, 0.2) is 30.3 Å². The molecule has 1 fully saturated rings. The van der Waals surface area contributed by atoms with Crippen molar-refractivity contribution < 1.29 is 0 Å². The molecule has 1 saturated heterocycles. The Kier molecular flexibility index (Phi) is 4.68. The second-order valence-corrected chi connectivity index (χ2v) is 5.98. The van der Waals surface area contributed by atoms with Crippen LogP contribution in [0, 0.1) is 6.92 Å². The number of nitrogens with two attached hydrogens (primary N) is 1. The van der Waals surface area contributed by atoms with Crippen molar-refractivity contribution in [2.45, 2.75) is 32.6 Å². The van der Waals surface area contributed by atoms with Gasteiger partial charge in [0.1, 0.15) is 0 Å². The highest BCUT2D eigenvalue weighted by Crippen LogP contribution is 2.23. The molecular weight excluding hydrogens is 272 g/mol. The summed E-state index contributed by atoms with van der Waals surface area (Å²) >= 11 is 0. The number of benzene rings is 1. The van der Waals surface area contributed by atoms with Crippen molar-refractivity contribution in [3.63, 3.8) is 0 Å². The topological polar surface area (TPSA) is 55.0 Å². The van der Waals surface area contributed by atoms with Gasteiger partial charge in [-0.05, 0) is 50.8 Å². The number of hydrogen-bond donors (Lipinski definition) is 1. The molecular formula is C18H24N4. The van der Waals surface area contributed by atoms with Gasteiger partial charge >= 0.3 is 0 Å². The quantitative estimate of drug-likeness (QED) is 0.942. The van der Waals surface area contributed by atoms with Crippen molar-refractivity contribution in [3.05, 3.63) is 41.6 Å². The van der Waals surface area contributed by atoms with Gasteiger partial charge in [0, 0.05) is 24.3 Å². The lowest BCUT2D eigenvalue weighted by atomic mass is 10.1. The van der Waals surface area contributed by atoms with E-state index in [2.05, 4.69) is 40.2 Å². The number of hydrogen-bond acceptors (Lipinski definition) is 4. The smallest absolute Gasteiger partial charge is 0.226 e. The van der Waals surface area contributed by atoms with Crippen molar-refractivity contribution in [1.29, 1.82) is 0 Å². The molecule has 0 spiro atoms. The maximum atomic E-state index is 5.61. The zero-order valence-corrected chi connectivity index (χ0v) is 13.3. The Bertz CT molecular complexity index is 615. The summed E-state index contributed by atoms with van der Waals surface area (Å²) in [5, 5.41) is 0. The zero-order valence-electron chi connectivity index (χ0n) is 13.3. The average molecular weight is 296 g/mol. The summed E-state index contributed by atoms with van der Waals surface area (Å²) in [4.78, 5) is 11.7. The maximum Gasteiger partial charge on any atom is 0.226 e. The van der Waals surface area contributed by atoms with Gasteiger partial charge in [-0.3, -0.25) is 0 Å². The van der Waals surface area contributed by atoms with Crippen molar-refractivity contribution in [2.24, 2.45) is 5.73 Å². The lowest BCUT2D eigenvalue weighted by Gasteiger charge is -2.27. The molecule has 0 atom stereocenters. The molecule has 22 heavy (non-hydrogen) atoms. The van der Waals surface area contributed by atoms with E-state index < -0.39 is 0 Å². The third kappa shape index (κ3) is 3.45. The monoisotopic (exact) mass is 296 g/mol. The number of piperidine rings is 1. The first-order valence-corrected chi connectivity index (χ1v) is 8.16.